The summed E-state index contributed by atoms with van der Waals surface area (Å²) in [5, 5.41) is 0. The molecule has 1 aliphatic carbocycles. The molecule has 2 aliphatic rings. The van der Waals surface area contributed by atoms with E-state index in [2.05, 4.69) is 42.6 Å². The van der Waals surface area contributed by atoms with Gasteiger partial charge in [0.1, 0.15) is 0 Å². The average Bonchev–Trinajstić information content (AvgIpc) is 2.55. The first-order chi connectivity index (χ1) is 11.0. The highest BCUT2D eigenvalue weighted by Gasteiger charge is 2.33. The first-order valence-corrected chi connectivity index (χ1v) is 9.33. The van der Waals surface area contributed by atoms with Crippen molar-refractivity contribution in [3.63, 3.8) is 0 Å². The molecule has 0 spiro atoms. The molecule has 1 saturated carbocycles. The van der Waals surface area contributed by atoms with Crippen LogP contribution in [-0.4, -0.2) is 85.7 Å². The van der Waals surface area contributed by atoms with E-state index in [0.29, 0.717) is 11.9 Å². The molecule has 2 fully saturated rings. The zero-order chi connectivity index (χ0) is 16.8. The van der Waals surface area contributed by atoms with Gasteiger partial charge in [-0.05, 0) is 40.8 Å². The molecule has 2 rings (SSSR count). The number of amides is 1. The second kappa shape index (κ2) is 9.00. The highest BCUT2D eigenvalue weighted by Crippen LogP contribution is 2.24. The Kier molecular flexibility index (Phi) is 7.31. The number of hydrogen-bond donors (Lipinski definition) is 0. The van der Waals surface area contributed by atoms with Gasteiger partial charge < -0.3 is 14.5 Å². The summed E-state index contributed by atoms with van der Waals surface area (Å²) in [5.74, 6) is 0.310. The van der Waals surface area contributed by atoms with E-state index in [9.17, 15) is 4.79 Å². The van der Waals surface area contributed by atoms with E-state index in [0.717, 1.165) is 32.8 Å². The summed E-state index contributed by atoms with van der Waals surface area (Å²) in [6, 6.07) is 0.424. The van der Waals surface area contributed by atoms with E-state index in [4.69, 9.17) is 4.74 Å². The monoisotopic (exact) mass is 325 g/mol. The number of morpholine rings is 1. The summed E-state index contributed by atoms with van der Waals surface area (Å²) >= 11 is 0. The minimum Gasteiger partial charge on any atom is -0.374 e. The first kappa shape index (κ1) is 18.7. The van der Waals surface area contributed by atoms with Crippen molar-refractivity contribution in [2.24, 2.45) is 0 Å². The van der Waals surface area contributed by atoms with Crippen LogP contribution in [0.3, 0.4) is 0 Å². The third-order valence-corrected chi connectivity index (χ3v) is 5.28. The van der Waals surface area contributed by atoms with Crippen molar-refractivity contribution in [2.45, 2.75) is 64.1 Å². The van der Waals surface area contributed by atoms with Gasteiger partial charge in [0.2, 0.25) is 5.91 Å². The highest BCUT2D eigenvalue weighted by molar-refractivity contribution is 5.81. The lowest BCUT2D eigenvalue weighted by Gasteiger charge is -2.41. The van der Waals surface area contributed by atoms with Gasteiger partial charge in [-0.1, -0.05) is 19.3 Å². The van der Waals surface area contributed by atoms with Crippen LogP contribution in [0.2, 0.25) is 0 Å². The standard InChI is InChI=1S/C18H35N3O2/c1-5-21(16-9-7-6-8-10-16)18(22)15(2)20-11-12-23-17(14-20)13-19(3)4/h15-17H,5-14H2,1-4H3/t15-,17-/m0/s1. The fourth-order valence-corrected chi connectivity index (χ4v) is 3.99. The molecule has 5 nitrogen and oxygen atoms in total. The molecule has 2 atom stereocenters. The van der Waals surface area contributed by atoms with Crippen LogP contribution in [0.5, 0.6) is 0 Å². The van der Waals surface area contributed by atoms with Crippen LogP contribution in [0, 0.1) is 0 Å². The van der Waals surface area contributed by atoms with Crippen LogP contribution in [0.1, 0.15) is 46.0 Å². The molecule has 0 unspecified atom stereocenters. The van der Waals surface area contributed by atoms with Crippen molar-refractivity contribution >= 4 is 5.91 Å². The number of rotatable bonds is 6. The minimum absolute atomic E-state index is 0.0366. The lowest BCUT2D eigenvalue weighted by molar-refractivity contribution is -0.142. The maximum absolute atomic E-state index is 13.0. The maximum Gasteiger partial charge on any atom is 0.239 e. The van der Waals surface area contributed by atoms with Gasteiger partial charge in [0, 0.05) is 32.2 Å². The van der Waals surface area contributed by atoms with Crippen LogP contribution < -0.4 is 0 Å². The summed E-state index contributed by atoms with van der Waals surface area (Å²) in [5.41, 5.74) is 0. The van der Waals surface area contributed by atoms with Crippen LogP contribution in [0.4, 0.5) is 0 Å². The quantitative estimate of drug-likeness (QED) is 0.746. The summed E-state index contributed by atoms with van der Waals surface area (Å²) in [6.45, 7) is 8.38. The van der Waals surface area contributed by atoms with Gasteiger partial charge in [-0.2, -0.15) is 0 Å². The van der Waals surface area contributed by atoms with E-state index in [1.165, 1.54) is 32.1 Å². The van der Waals surface area contributed by atoms with E-state index in [1.54, 1.807) is 0 Å². The Morgan fingerprint density at radius 2 is 1.96 bits per heavy atom. The third-order valence-electron chi connectivity index (χ3n) is 5.28. The van der Waals surface area contributed by atoms with Crippen LogP contribution in [0.25, 0.3) is 0 Å². The molecule has 0 aromatic carbocycles. The lowest BCUT2D eigenvalue weighted by Crippen LogP contribution is -2.56. The molecular weight excluding hydrogens is 290 g/mol. The van der Waals surface area contributed by atoms with Crippen molar-refractivity contribution in [3.8, 4) is 0 Å². The Morgan fingerprint density at radius 1 is 1.26 bits per heavy atom. The molecule has 5 heteroatoms. The number of carbonyl (C=O) groups is 1. The largest absolute Gasteiger partial charge is 0.374 e. The Labute approximate surface area is 141 Å². The topological polar surface area (TPSA) is 36.0 Å². The molecule has 1 saturated heterocycles. The molecule has 0 aromatic heterocycles. The Balaban J connectivity index is 1.93. The molecule has 1 amide bonds. The predicted octanol–water partition coefficient (Wildman–Crippen LogP) is 1.82. The summed E-state index contributed by atoms with van der Waals surface area (Å²) in [7, 11) is 4.14. The van der Waals surface area contributed by atoms with Gasteiger partial charge in [-0.25, -0.2) is 0 Å². The zero-order valence-electron chi connectivity index (χ0n) is 15.5. The van der Waals surface area contributed by atoms with Gasteiger partial charge in [0.05, 0.1) is 18.8 Å². The summed E-state index contributed by atoms with van der Waals surface area (Å²) in [4.78, 5) is 19.6. The smallest absolute Gasteiger partial charge is 0.239 e. The van der Waals surface area contributed by atoms with Crippen molar-refractivity contribution in [3.05, 3.63) is 0 Å². The summed E-state index contributed by atoms with van der Waals surface area (Å²) < 4.78 is 5.84. The fourth-order valence-electron chi connectivity index (χ4n) is 3.99. The number of nitrogens with zero attached hydrogens (tertiary/aromatic N) is 3. The van der Waals surface area contributed by atoms with E-state index in [-0.39, 0.29) is 12.1 Å². The molecular formula is C18H35N3O2. The van der Waals surface area contributed by atoms with Crippen molar-refractivity contribution < 1.29 is 9.53 Å². The maximum atomic E-state index is 13.0. The predicted molar refractivity (Wildman–Crippen MR) is 93.6 cm³/mol. The molecule has 1 aliphatic heterocycles. The van der Waals surface area contributed by atoms with Crippen molar-refractivity contribution in [2.75, 3.05) is 46.9 Å². The second-order valence-electron chi connectivity index (χ2n) is 7.34. The van der Waals surface area contributed by atoms with E-state index < -0.39 is 0 Å². The van der Waals surface area contributed by atoms with Gasteiger partial charge in [0.15, 0.2) is 0 Å². The SMILES string of the molecule is CCN(C(=O)[C@H](C)N1CCO[C@@H](CN(C)C)C1)C1CCCCC1. The number of carbonyl (C=O) groups excluding carboxylic acids is 1. The lowest BCUT2D eigenvalue weighted by atomic mass is 9.93. The van der Waals surface area contributed by atoms with E-state index >= 15 is 0 Å². The summed E-state index contributed by atoms with van der Waals surface area (Å²) in [6.07, 6.45) is 6.43. The van der Waals surface area contributed by atoms with Crippen molar-refractivity contribution in [1.29, 1.82) is 0 Å². The Bertz CT molecular complexity index is 369. The fraction of sp³-hybridized carbons (Fsp3) is 0.944. The number of ether oxygens (including phenoxy) is 1. The van der Waals surface area contributed by atoms with Gasteiger partial charge in [-0.3, -0.25) is 9.69 Å². The zero-order valence-corrected chi connectivity index (χ0v) is 15.5. The van der Waals surface area contributed by atoms with Gasteiger partial charge in [-0.15, -0.1) is 0 Å². The Hall–Kier alpha value is -0.650. The third kappa shape index (κ3) is 5.16. The second-order valence-corrected chi connectivity index (χ2v) is 7.34. The van der Waals surface area contributed by atoms with Crippen LogP contribution in [-0.2, 0) is 9.53 Å². The molecule has 0 aromatic rings. The molecule has 0 bridgehead atoms. The van der Waals surface area contributed by atoms with Gasteiger partial charge in [0.25, 0.3) is 0 Å². The number of likely N-dealkylation sites (N-methyl/N-ethyl adjacent to an activating group) is 2. The molecule has 0 N–H and O–H groups in total. The van der Waals surface area contributed by atoms with Crippen LogP contribution in [0.15, 0.2) is 0 Å². The minimum atomic E-state index is -0.0366. The average molecular weight is 325 g/mol. The Morgan fingerprint density at radius 3 is 2.57 bits per heavy atom. The van der Waals surface area contributed by atoms with E-state index in [1.807, 2.05) is 0 Å². The molecule has 23 heavy (non-hydrogen) atoms. The molecule has 0 radical (unpaired) electrons. The van der Waals surface area contributed by atoms with Crippen LogP contribution >= 0.6 is 0 Å². The van der Waals surface area contributed by atoms with Gasteiger partial charge >= 0.3 is 0 Å². The number of hydrogen-bond acceptors (Lipinski definition) is 4. The first-order valence-electron chi connectivity index (χ1n) is 9.33. The normalized spacial score (nSPS) is 25.5. The van der Waals surface area contributed by atoms with Crippen molar-refractivity contribution in [1.82, 2.24) is 14.7 Å². The molecule has 134 valence electrons. The molecule has 1 heterocycles. The highest BCUT2D eigenvalue weighted by atomic mass is 16.5.